The van der Waals surface area contributed by atoms with E-state index in [0.29, 0.717) is 38.3 Å². The fourth-order valence-electron chi connectivity index (χ4n) is 5.80. The van der Waals surface area contributed by atoms with Crippen LogP contribution in [0.3, 0.4) is 0 Å². The van der Waals surface area contributed by atoms with Crippen molar-refractivity contribution < 1.29 is 14.3 Å². The highest BCUT2D eigenvalue weighted by molar-refractivity contribution is 7.12. The first kappa shape index (κ1) is 28.5. The summed E-state index contributed by atoms with van der Waals surface area (Å²) in [4.78, 5) is 24.7. The maximum absolute atomic E-state index is 12.8. The molecule has 0 unspecified atom stereocenters. The van der Waals surface area contributed by atoms with E-state index in [1.54, 1.807) is 0 Å². The van der Waals surface area contributed by atoms with Crippen molar-refractivity contribution in [1.82, 2.24) is 14.5 Å². The van der Waals surface area contributed by atoms with Gasteiger partial charge in [0, 0.05) is 56.8 Å². The number of nitrogens with zero attached hydrogens (tertiary/aromatic N) is 6. The molecule has 2 aliphatic rings. The molecule has 0 N–H and O–H groups in total. The number of fused-ring (bicyclic) bond motifs is 1. The van der Waals surface area contributed by atoms with Crippen molar-refractivity contribution in [3.63, 3.8) is 0 Å². The van der Waals surface area contributed by atoms with Crippen molar-refractivity contribution in [2.45, 2.75) is 19.6 Å². The van der Waals surface area contributed by atoms with Crippen LogP contribution in [0.5, 0.6) is 11.5 Å². The predicted octanol–water partition coefficient (Wildman–Crippen LogP) is 5.76. The van der Waals surface area contributed by atoms with Gasteiger partial charge in [-0.2, -0.15) is 5.26 Å². The van der Waals surface area contributed by atoms with Crippen LogP contribution in [-0.4, -0.2) is 53.3 Å². The molecule has 10 heteroatoms. The van der Waals surface area contributed by atoms with Crippen LogP contribution >= 0.6 is 11.3 Å². The van der Waals surface area contributed by atoms with Crippen LogP contribution in [0.4, 0.5) is 11.4 Å². The van der Waals surface area contributed by atoms with Crippen molar-refractivity contribution >= 4 is 28.6 Å². The number of imidazole rings is 1. The molecule has 226 valence electrons. The molecule has 0 atom stereocenters. The van der Waals surface area contributed by atoms with E-state index in [9.17, 15) is 4.79 Å². The van der Waals surface area contributed by atoms with Gasteiger partial charge in [-0.15, -0.1) is 11.3 Å². The summed E-state index contributed by atoms with van der Waals surface area (Å²) in [6, 6.07) is 28.5. The van der Waals surface area contributed by atoms with Crippen molar-refractivity contribution in [3.8, 4) is 17.6 Å². The van der Waals surface area contributed by atoms with Gasteiger partial charge in [-0.3, -0.25) is 4.79 Å². The van der Waals surface area contributed by atoms with Crippen LogP contribution in [0.15, 0.2) is 96.8 Å². The third kappa shape index (κ3) is 6.35. The summed E-state index contributed by atoms with van der Waals surface area (Å²) in [5, 5.41) is 11.1. The van der Waals surface area contributed by atoms with Crippen LogP contribution in [-0.2, 0) is 19.6 Å². The molecule has 45 heavy (non-hydrogen) atoms. The first-order valence-corrected chi connectivity index (χ1v) is 15.8. The Morgan fingerprint density at radius 2 is 1.69 bits per heavy atom. The molecule has 0 spiro atoms. The summed E-state index contributed by atoms with van der Waals surface area (Å²) in [7, 11) is 0. The molecule has 3 aromatic carbocycles. The lowest BCUT2D eigenvalue weighted by molar-refractivity contribution is 0.0751. The minimum Gasteiger partial charge on any atom is -0.454 e. The van der Waals surface area contributed by atoms with E-state index >= 15 is 0 Å². The topological polar surface area (TPSA) is 86.9 Å². The lowest BCUT2D eigenvalue weighted by Crippen LogP contribution is -2.48. The van der Waals surface area contributed by atoms with Crippen molar-refractivity contribution in [2.24, 2.45) is 0 Å². The van der Waals surface area contributed by atoms with Crippen molar-refractivity contribution in [2.75, 3.05) is 42.8 Å². The maximum atomic E-state index is 12.8. The molecule has 1 saturated heterocycles. The van der Waals surface area contributed by atoms with E-state index in [1.807, 2.05) is 65.3 Å². The maximum Gasteiger partial charge on any atom is 0.264 e. The van der Waals surface area contributed by atoms with Gasteiger partial charge in [0.25, 0.3) is 5.91 Å². The summed E-state index contributed by atoms with van der Waals surface area (Å²) in [6.45, 7) is 5.23. The molecule has 2 aromatic heterocycles. The molecule has 2 aliphatic heterocycles. The molecule has 0 saturated carbocycles. The van der Waals surface area contributed by atoms with E-state index < -0.39 is 0 Å². The molecule has 7 rings (SSSR count). The Bertz CT molecular complexity index is 1800. The zero-order valence-corrected chi connectivity index (χ0v) is 25.5. The number of piperazine rings is 1. The number of anilines is 2. The highest BCUT2D eigenvalue weighted by Gasteiger charge is 2.23. The minimum absolute atomic E-state index is 0.123. The number of ether oxygens (including phenoxy) is 2. The SMILES string of the molecule is N#Cc1ccc(Cn2cncc2CN(Cc2ccc3c(c2)OCO3)c2ccc(N3CCN(C(=O)c4cccs4)CC3)cc2)cc1. The number of amides is 1. The Morgan fingerprint density at radius 3 is 2.44 bits per heavy atom. The van der Waals surface area contributed by atoms with E-state index in [-0.39, 0.29) is 12.7 Å². The van der Waals surface area contributed by atoms with E-state index in [0.717, 1.165) is 57.7 Å². The minimum atomic E-state index is 0.123. The van der Waals surface area contributed by atoms with E-state index in [4.69, 9.17) is 14.7 Å². The van der Waals surface area contributed by atoms with Gasteiger partial charge >= 0.3 is 0 Å². The van der Waals surface area contributed by atoms with Crippen LogP contribution in [0, 0.1) is 11.3 Å². The highest BCUT2D eigenvalue weighted by Crippen LogP contribution is 2.34. The van der Waals surface area contributed by atoms with Gasteiger partial charge in [-0.1, -0.05) is 24.3 Å². The number of hydrogen-bond acceptors (Lipinski definition) is 8. The quantitative estimate of drug-likeness (QED) is 0.208. The second-order valence-electron chi connectivity index (χ2n) is 11.1. The molecular formula is C35H32N6O3S. The van der Waals surface area contributed by atoms with Gasteiger partial charge in [0.2, 0.25) is 6.79 Å². The number of carbonyl (C=O) groups is 1. The molecule has 5 aromatic rings. The number of nitriles is 1. The summed E-state index contributed by atoms with van der Waals surface area (Å²) in [5.74, 6) is 1.66. The second-order valence-corrected chi connectivity index (χ2v) is 12.1. The number of benzene rings is 3. The first-order chi connectivity index (χ1) is 22.1. The first-order valence-electron chi connectivity index (χ1n) is 14.9. The standard InChI is InChI=1S/C35H32N6O3S/c36-19-26-3-5-27(6-4-26)21-41-24-37-20-31(41)23-40(22-28-7-12-32-33(18-28)44-25-43-32)30-10-8-29(9-11-30)38-13-15-39(16-14-38)35(42)34-2-1-17-45-34/h1-12,17-18,20,24H,13-16,21-23,25H2. The Hall–Kier alpha value is -5.27. The predicted molar refractivity (Wildman–Crippen MR) is 174 cm³/mol. The number of hydrogen-bond donors (Lipinski definition) is 0. The van der Waals surface area contributed by atoms with Crippen LogP contribution in [0.2, 0.25) is 0 Å². The zero-order valence-electron chi connectivity index (χ0n) is 24.7. The zero-order chi connectivity index (χ0) is 30.6. The van der Waals surface area contributed by atoms with Gasteiger partial charge < -0.3 is 28.7 Å². The second kappa shape index (κ2) is 12.8. The molecule has 0 bridgehead atoms. The number of rotatable bonds is 9. The third-order valence-corrected chi connectivity index (χ3v) is 9.13. The number of aromatic nitrogens is 2. The Kier molecular flexibility index (Phi) is 8.08. The van der Waals surface area contributed by atoms with E-state index in [2.05, 4.69) is 61.8 Å². The van der Waals surface area contributed by atoms with Crippen molar-refractivity contribution in [1.29, 1.82) is 5.26 Å². The summed E-state index contributed by atoms with van der Waals surface area (Å²) in [6.07, 6.45) is 3.78. The third-order valence-electron chi connectivity index (χ3n) is 8.28. The lowest BCUT2D eigenvalue weighted by Gasteiger charge is -2.36. The molecule has 4 heterocycles. The molecule has 9 nitrogen and oxygen atoms in total. The smallest absolute Gasteiger partial charge is 0.264 e. The Morgan fingerprint density at radius 1 is 0.911 bits per heavy atom. The lowest BCUT2D eigenvalue weighted by atomic mass is 10.1. The highest BCUT2D eigenvalue weighted by atomic mass is 32.1. The number of thiophene rings is 1. The monoisotopic (exact) mass is 616 g/mol. The largest absolute Gasteiger partial charge is 0.454 e. The van der Waals surface area contributed by atoms with Gasteiger partial charge in [-0.25, -0.2) is 4.98 Å². The van der Waals surface area contributed by atoms with Gasteiger partial charge in [0.15, 0.2) is 11.5 Å². The van der Waals surface area contributed by atoms with Crippen LogP contribution < -0.4 is 19.3 Å². The molecule has 0 aliphatic carbocycles. The average Bonchev–Trinajstić information content (AvgIpc) is 3.88. The van der Waals surface area contributed by atoms with Gasteiger partial charge in [0.1, 0.15) is 0 Å². The fraction of sp³-hybridized carbons (Fsp3) is 0.229. The van der Waals surface area contributed by atoms with Crippen LogP contribution in [0.1, 0.15) is 32.1 Å². The van der Waals surface area contributed by atoms with Gasteiger partial charge in [-0.05, 0) is 71.1 Å². The van der Waals surface area contributed by atoms with Crippen molar-refractivity contribution in [3.05, 3.63) is 124 Å². The summed E-state index contributed by atoms with van der Waals surface area (Å²) >= 11 is 1.50. The summed E-state index contributed by atoms with van der Waals surface area (Å²) in [5.41, 5.74) is 6.20. The fourth-order valence-corrected chi connectivity index (χ4v) is 6.49. The molecule has 0 radical (unpaired) electrons. The molecular weight excluding hydrogens is 584 g/mol. The van der Waals surface area contributed by atoms with E-state index in [1.165, 1.54) is 11.3 Å². The Balaban J connectivity index is 1.08. The molecule has 1 amide bonds. The normalized spacial score (nSPS) is 13.9. The van der Waals surface area contributed by atoms with Crippen LogP contribution in [0.25, 0.3) is 0 Å². The Labute approximate surface area is 266 Å². The average molecular weight is 617 g/mol. The molecule has 1 fully saturated rings. The summed E-state index contributed by atoms with van der Waals surface area (Å²) < 4.78 is 13.3. The van der Waals surface area contributed by atoms with Gasteiger partial charge in [0.05, 0.1) is 35.1 Å². The number of carbonyl (C=O) groups excluding carboxylic acids is 1.